The lowest BCUT2D eigenvalue weighted by Gasteiger charge is -2.28. The van der Waals surface area contributed by atoms with Crippen LogP contribution in [-0.2, 0) is 19.6 Å². The molecule has 2 aromatic rings. The quantitative estimate of drug-likeness (QED) is 0.641. The summed E-state index contributed by atoms with van der Waals surface area (Å²) in [4.78, 5) is 29.1. The molecule has 9 nitrogen and oxygen atoms in total. The minimum atomic E-state index is -3.71. The molecule has 0 aromatic heterocycles. The van der Waals surface area contributed by atoms with Crippen LogP contribution in [0.1, 0.15) is 21.5 Å². The van der Waals surface area contributed by atoms with E-state index >= 15 is 0 Å². The molecule has 10 heteroatoms. The summed E-state index contributed by atoms with van der Waals surface area (Å²) >= 11 is 0. The first-order valence-electron chi connectivity index (χ1n) is 11.0. The van der Waals surface area contributed by atoms with Gasteiger partial charge in [0, 0.05) is 51.2 Å². The predicted molar refractivity (Wildman–Crippen MR) is 132 cm³/mol. The second-order valence-electron chi connectivity index (χ2n) is 8.56. The Morgan fingerprint density at radius 2 is 1.65 bits per heavy atom. The molecule has 1 heterocycles. The van der Waals surface area contributed by atoms with E-state index in [1.165, 1.54) is 32.1 Å². The van der Waals surface area contributed by atoms with Crippen molar-refractivity contribution in [2.45, 2.75) is 18.7 Å². The Morgan fingerprint density at radius 3 is 2.24 bits per heavy atom. The number of likely N-dealkylation sites (N-methyl/N-ethyl adjacent to an activating group) is 1. The van der Waals surface area contributed by atoms with Gasteiger partial charge >= 0.3 is 0 Å². The molecule has 1 fully saturated rings. The van der Waals surface area contributed by atoms with Crippen molar-refractivity contribution < 1.29 is 22.7 Å². The number of anilines is 2. The highest BCUT2D eigenvalue weighted by Gasteiger charge is 2.24. The summed E-state index contributed by atoms with van der Waals surface area (Å²) in [5, 5.41) is 2.80. The van der Waals surface area contributed by atoms with Crippen LogP contribution in [0.3, 0.4) is 0 Å². The van der Waals surface area contributed by atoms with Crippen LogP contribution in [0, 0.1) is 13.8 Å². The first-order valence-corrected chi connectivity index (χ1v) is 12.5. The van der Waals surface area contributed by atoms with Gasteiger partial charge in [0.15, 0.2) is 0 Å². The van der Waals surface area contributed by atoms with Gasteiger partial charge in [0.25, 0.3) is 5.91 Å². The largest absolute Gasteiger partial charge is 0.378 e. The van der Waals surface area contributed by atoms with Crippen molar-refractivity contribution in [2.75, 3.05) is 64.2 Å². The van der Waals surface area contributed by atoms with Crippen molar-refractivity contribution >= 4 is 33.2 Å². The molecule has 0 bridgehead atoms. The SMILES string of the molecule is Cc1cc(C(=O)N(C)CC(=O)Nc2ccc(N3CCOCC3)cc2)cc(S(=O)(=O)N(C)C)c1C. The number of hydrogen-bond acceptors (Lipinski definition) is 6. The minimum Gasteiger partial charge on any atom is -0.378 e. The topological polar surface area (TPSA) is 99.3 Å². The lowest BCUT2D eigenvalue weighted by Crippen LogP contribution is -2.36. The van der Waals surface area contributed by atoms with E-state index in [-0.39, 0.29) is 22.9 Å². The van der Waals surface area contributed by atoms with Gasteiger partial charge in [-0.05, 0) is 61.4 Å². The highest BCUT2D eigenvalue weighted by Crippen LogP contribution is 2.24. The molecular weight excluding hydrogens is 456 g/mol. The molecule has 0 aliphatic carbocycles. The molecule has 1 aliphatic heterocycles. The fourth-order valence-corrected chi connectivity index (χ4v) is 4.92. The second-order valence-corrected chi connectivity index (χ2v) is 10.7. The molecule has 0 unspecified atom stereocenters. The maximum Gasteiger partial charge on any atom is 0.254 e. The van der Waals surface area contributed by atoms with E-state index in [1.54, 1.807) is 19.9 Å². The van der Waals surface area contributed by atoms with E-state index in [4.69, 9.17) is 4.74 Å². The Hall–Kier alpha value is -2.95. The van der Waals surface area contributed by atoms with E-state index in [0.717, 1.165) is 23.1 Å². The zero-order chi connectivity index (χ0) is 25.0. The molecule has 1 aliphatic rings. The van der Waals surface area contributed by atoms with E-state index in [2.05, 4.69) is 10.2 Å². The number of morpholine rings is 1. The van der Waals surface area contributed by atoms with Crippen LogP contribution in [0.25, 0.3) is 0 Å². The van der Waals surface area contributed by atoms with Gasteiger partial charge in [-0.2, -0.15) is 0 Å². The number of nitrogens with one attached hydrogen (secondary N) is 1. The van der Waals surface area contributed by atoms with Crippen LogP contribution in [0.5, 0.6) is 0 Å². The van der Waals surface area contributed by atoms with Gasteiger partial charge < -0.3 is 19.9 Å². The molecule has 1 N–H and O–H groups in total. The normalized spacial score (nSPS) is 14.2. The molecule has 1 saturated heterocycles. The summed E-state index contributed by atoms with van der Waals surface area (Å²) in [6, 6.07) is 10.6. The third-order valence-corrected chi connectivity index (χ3v) is 7.82. The maximum atomic E-state index is 13.0. The van der Waals surface area contributed by atoms with Gasteiger partial charge in [0.2, 0.25) is 15.9 Å². The van der Waals surface area contributed by atoms with Crippen LogP contribution in [0.4, 0.5) is 11.4 Å². The number of ether oxygens (including phenoxy) is 1. The molecule has 0 spiro atoms. The molecule has 3 rings (SSSR count). The summed E-state index contributed by atoms with van der Waals surface area (Å²) in [5.41, 5.74) is 3.18. The summed E-state index contributed by atoms with van der Waals surface area (Å²) in [6.45, 7) is 6.34. The molecule has 34 heavy (non-hydrogen) atoms. The van der Waals surface area contributed by atoms with Gasteiger partial charge in [-0.1, -0.05) is 0 Å². The zero-order valence-corrected chi connectivity index (χ0v) is 21.1. The number of carbonyl (C=O) groups is 2. The van der Waals surface area contributed by atoms with Crippen molar-refractivity contribution in [1.29, 1.82) is 0 Å². The first kappa shape index (κ1) is 25.7. The fourth-order valence-electron chi connectivity index (χ4n) is 3.70. The number of aryl methyl sites for hydroxylation is 1. The number of rotatable bonds is 7. The molecular formula is C24H32N4O5S. The highest BCUT2D eigenvalue weighted by atomic mass is 32.2. The Labute approximate surface area is 201 Å². The van der Waals surface area contributed by atoms with Gasteiger partial charge in [0.05, 0.1) is 24.7 Å². The van der Waals surface area contributed by atoms with Crippen LogP contribution >= 0.6 is 0 Å². The number of benzene rings is 2. The van der Waals surface area contributed by atoms with Gasteiger partial charge in [-0.25, -0.2) is 12.7 Å². The van der Waals surface area contributed by atoms with Gasteiger partial charge in [-0.3, -0.25) is 9.59 Å². The summed E-state index contributed by atoms with van der Waals surface area (Å²) in [6.07, 6.45) is 0. The first-order chi connectivity index (χ1) is 16.0. The van der Waals surface area contributed by atoms with Crippen molar-refractivity contribution in [3.63, 3.8) is 0 Å². The number of amides is 2. The number of hydrogen-bond donors (Lipinski definition) is 1. The fraction of sp³-hybridized carbons (Fsp3) is 0.417. The van der Waals surface area contributed by atoms with Gasteiger partial charge in [-0.15, -0.1) is 0 Å². The molecule has 184 valence electrons. The monoisotopic (exact) mass is 488 g/mol. The minimum absolute atomic E-state index is 0.0825. The van der Waals surface area contributed by atoms with Gasteiger partial charge in [0.1, 0.15) is 0 Å². The molecule has 2 amide bonds. The molecule has 0 atom stereocenters. The summed E-state index contributed by atoms with van der Waals surface area (Å²) in [5.74, 6) is -0.781. The van der Waals surface area contributed by atoms with Crippen LogP contribution in [-0.4, -0.2) is 83.4 Å². The van der Waals surface area contributed by atoms with E-state index in [1.807, 2.05) is 24.3 Å². The highest BCUT2D eigenvalue weighted by molar-refractivity contribution is 7.89. The summed E-state index contributed by atoms with van der Waals surface area (Å²) < 4.78 is 31.9. The van der Waals surface area contributed by atoms with Crippen molar-refractivity contribution in [3.8, 4) is 0 Å². The van der Waals surface area contributed by atoms with Crippen molar-refractivity contribution in [1.82, 2.24) is 9.21 Å². The van der Waals surface area contributed by atoms with E-state index < -0.39 is 15.9 Å². The Kier molecular flexibility index (Phi) is 7.96. The molecule has 0 radical (unpaired) electrons. The molecule has 2 aromatic carbocycles. The van der Waals surface area contributed by atoms with Crippen molar-refractivity contribution in [2.24, 2.45) is 0 Å². The lowest BCUT2D eigenvalue weighted by molar-refractivity contribution is -0.116. The summed E-state index contributed by atoms with van der Waals surface area (Å²) in [7, 11) is 0.692. The smallest absolute Gasteiger partial charge is 0.254 e. The van der Waals surface area contributed by atoms with Crippen LogP contribution < -0.4 is 10.2 Å². The number of nitrogens with zero attached hydrogens (tertiary/aromatic N) is 3. The standard InChI is InChI=1S/C24H32N4O5S/c1-17-14-19(15-22(18(17)2)34(31,32)26(3)4)24(30)27(5)16-23(29)25-20-6-8-21(9-7-20)28-10-12-33-13-11-28/h6-9,14-15H,10-13,16H2,1-5H3,(H,25,29). The number of sulfonamides is 1. The number of carbonyl (C=O) groups excluding carboxylic acids is 2. The van der Waals surface area contributed by atoms with E-state index in [9.17, 15) is 18.0 Å². The third kappa shape index (κ3) is 5.75. The maximum absolute atomic E-state index is 13.0. The van der Waals surface area contributed by atoms with Crippen LogP contribution in [0.2, 0.25) is 0 Å². The molecule has 0 saturated carbocycles. The van der Waals surface area contributed by atoms with Crippen LogP contribution in [0.15, 0.2) is 41.3 Å². The van der Waals surface area contributed by atoms with Crippen molar-refractivity contribution in [3.05, 3.63) is 53.1 Å². The predicted octanol–water partition coefficient (Wildman–Crippen LogP) is 2.10. The third-order valence-electron chi connectivity index (χ3n) is 5.88. The average Bonchev–Trinajstić information content (AvgIpc) is 2.81. The Bertz CT molecular complexity index is 1160. The lowest BCUT2D eigenvalue weighted by atomic mass is 10.1. The Morgan fingerprint density at radius 1 is 1.03 bits per heavy atom. The van der Waals surface area contributed by atoms with E-state index in [0.29, 0.717) is 30.0 Å². The average molecular weight is 489 g/mol. The zero-order valence-electron chi connectivity index (χ0n) is 20.3. The second kappa shape index (κ2) is 10.5. The Balaban J connectivity index is 1.67.